The van der Waals surface area contributed by atoms with Gasteiger partial charge in [0, 0.05) is 17.1 Å². The lowest BCUT2D eigenvalue weighted by Crippen LogP contribution is -2.46. The third-order valence-electron chi connectivity index (χ3n) is 4.89. The molecule has 0 spiro atoms. The fourth-order valence-electron chi connectivity index (χ4n) is 3.65. The molecule has 116 valence electrons. The number of nitrogens with zero attached hydrogens (tertiary/aromatic N) is 2. The molecule has 2 saturated heterocycles. The quantitative estimate of drug-likeness (QED) is 0.899. The van der Waals surface area contributed by atoms with Gasteiger partial charge in [-0.25, -0.2) is 0 Å². The zero-order chi connectivity index (χ0) is 14.7. The Morgan fingerprint density at radius 1 is 1.05 bits per heavy atom. The van der Waals surface area contributed by atoms with E-state index in [0.29, 0.717) is 5.75 Å². The third-order valence-corrected chi connectivity index (χ3v) is 5.66. The highest BCUT2D eigenvalue weighted by Gasteiger charge is 2.25. The van der Waals surface area contributed by atoms with Crippen LogP contribution in [0.3, 0.4) is 0 Å². The van der Waals surface area contributed by atoms with Gasteiger partial charge < -0.3 is 10.0 Å². The van der Waals surface area contributed by atoms with Crippen molar-refractivity contribution in [1.82, 2.24) is 9.80 Å². The van der Waals surface area contributed by atoms with Crippen molar-refractivity contribution in [2.45, 2.75) is 44.7 Å². The minimum absolute atomic E-state index is 0.358. The van der Waals surface area contributed by atoms with Crippen LogP contribution in [0.15, 0.2) is 22.7 Å². The molecular weight excluding hydrogens is 328 g/mol. The van der Waals surface area contributed by atoms with Gasteiger partial charge >= 0.3 is 0 Å². The van der Waals surface area contributed by atoms with Crippen LogP contribution in [0.2, 0.25) is 0 Å². The summed E-state index contributed by atoms with van der Waals surface area (Å²) in [5.41, 5.74) is 1.19. The van der Waals surface area contributed by atoms with Gasteiger partial charge in [0.15, 0.2) is 0 Å². The van der Waals surface area contributed by atoms with Crippen LogP contribution < -0.4 is 0 Å². The first kappa shape index (κ1) is 15.3. The molecule has 2 fully saturated rings. The summed E-state index contributed by atoms with van der Waals surface area (Å²) in [6.45, 7) is 5.89. The zero-order valence-corrected chi connectivity index (χ0v) is 14.2. The highest BCUT2D eigenvalue weighted by atomic mass is 79.9. The van der Waals surface area contributed by atoms with E-state index in [1.807, 2.05) is 12.1 Å². The van der Waals surface area contributed by atoms with E-state index in [4.69, 9.17) is 0 Å². The molecule has 1 N–H and O–H groups in total. The Morgan fingerprint density at radius 2 is 1.76 bits per heavy atom. The van der Waals surface area contributed by atoms with Gasteiger partial charge in [-0.1, -0.05) is 22.4 Å². The van der Waals surface area contributed by atoms with Crippen LogP contribution in [-0.2, 0) is 6.54 Å². The van der Waals surface area contributed by atoms with Crippen LogP contribution in [-0.4, -0.2) is 47.1 Å². The van der Waals surface area contributed by atoms with E-state index in [1.165, 1.54) is 63.8 Å². The van der Waals surface area contributed by atoms with Gasteiger partial charge in [-0.15, -0.1) is 0 Å². The maximum atomic E-state index is 9.63. The molecule has 0 atom stereocenters. The van der Waals surface area contributed by atoms with E-state index in [0.717, 1.165) is 17.1 Å². The van der Waals surface area contributed by atoms with E-state index < -0.39 is 0 Å². The number of likely N-dealkylation sites (tertiary alicyclic amines) is 2. The van der Waals surface area contributed by atoms with Crippen LogP contribution >= 0.6 is 15.9 Å². The molecule has 0 amide bonds. The van der Waals surface area contributed by atoms with Crippen molar-refractivity contribution in [2.24, 2.45) is 0 Å². The van der Waals surface area contributed by atoms with Crippen molar-refractivity contribution in [1.29, 1.82) is 0 Å². The number of hydrogen-bond donors (Lipinski definition) is 1. The van der Waals surface area contributed by atoms with Crippen molar-refractivity contribution in [2.75, 3.05) is 26.2 Å². The lowest BCUT2D eigenvalue weighted by molar-refractivity contribution is 0.0895. The molecule has 21 heavy (non-hydrogen) atoms. The SMILES string of the molecule is Oc1ccc(Br)c(CN2CCC(N3CCCCC3)CC2)c1. The van der Waals surface area contributed by atoms with Gasteiger partial charge in [-0.05, 0) is 75.6 Å². The monoisotopic (exact) mass is 352 g/mol. The molecule has 0 aromatic heterocycles. The van der Waals surface area contributed by atoms with Crippen LogP contribution in [0.25, 0.3) is 0 Å². The zero-order valence-electron chi connectivity index (χ0n) is 12.6. The Morgan fingerprint density at radius 3 is 2.48 bits per heavy atom. The van der Waals surface area contributed by atoms with Crippen molar-refractivity contribution >= 4 is 15.9 Å². The van der Waals surface area contributed by atoms with Crippen LogP contribution in [0.1, 0.15) is 37.7 Å². The lowest BCUT2D eigenvalue weighted by atomic mass is 9.99. The van der Waals surface area contributed by atoms with Crippen molar-refractivity contribution in [3.05, 3.63) is 28.2 Å². The summed E-state index contributed by atoms with van der Waals surface area (Å²) >= 11 is 3.59. The number of aromatic hydroxyl groups is 1. The molecular formula is C17H25BrN2O. The summed E-state index contributed by atoms with van der Waals surface area (Å²) in [6, 6.07) is 6.34. The number of halogens is 1. The van der Waals surface area contributed by atoms with Gasteiger partial charge in [0.25, 0.3) is 0 Å². The molecule has 0 saturated carbocycles. The predicted molar refractivity (Wildman–Crippen MR) is 89.5 cm³/mol. The summed E-state index contributed by atoms with van der Waals surface area (Å²) in [5.74, 6) is 0.358. The van der Waals surface area contributed by atoms with Crippen molar-refractivity contribution in [3.63, 3.8) is 0 Å². The van der Waals surface area contributed by atoms with Gasteiger partial charge in [-0.2, -0.15) is 0 Å². The summed E-state index contributed by atoms with van der Waals surface area (Å²) < 4.78 is 1.10. The van der Waals surface area contributed by atoms with E-state index in [-0.39, 0.29) is 0 Å². The maximum absolute atomic E-state index is 9.63. The molecule has 2 aliphatic heterocycles. The minimum Gasteiger partial charge on any atom is -0.508 e. The van der Waals surface area contributed by atoms with Crippen molar-refractivity contribution in [3.8, 4) is 5.75 Å². The third kappa shape index (κ3) is 3.99. The Balaban J connectivity index is 1.52. The average Bonchev–Trinajstić information content (AvgIpc) is 2.53. The fourth-order valence-corrected chi connectivity index (χ4v) is 4.02. The molecule has 0 bridgehead atoms. The van der Waals surface area contributed by atoms with Crippen LogP contribution in [0, 0.1) is 0 Å². The topological polar surface area (TPSA) is 26.7 Å². The molecule has 1 aromatic carbocycles. The second kappa shape index (κ2) is 7.12. The fraction of sp³-hybridized carbons (Fsp3) is 0.647. The molecule has 2 aliphatic rings. The summed E-state index contributed by atoms with van der Waals surface area (Å²) in [7, 11) is 0. The first-order chi connectivity index (χ1) is 10.2. The van der Waals surface area contributed by atoms with E-state index >= 15 is 0 Å². The summed E-state index contributed by atoms with van der Waals surface area (Å²) in [5, 5.41) is 9.63. The second-order valence-electron chi connectivity index (χ2n) is 6.38. The molecule has 0 unspecified atom stereocenters. The first-order valence-electron chi connectivity index (χ1n) is 8.16. The Labute approximate surface area is 136 Å². The number of phenolic OH excluding ortho intramolecular Hbond substituents is 1. The molecule has 0 radical (unpaired) electrons. The number of benzene rings is 1. The Bertz CT molecular complexity index is 466. The number of rotatable bonds is 3. The highest BCUT2D eigenvalue weighted by molar-refractivity contribution is 9.10. The predicted octanol–water partition coefficient (Wildman–Crippen LogP) is 3.61. The second-order valence-corrected chi connectivity index (χ2v) is 7.23. The Hall–Kier alpha value is -0.580. The number of hydrogen-bond acceptors (Lipinski definition) is 3. The average molecular weight is 353 g/mol. The molecule has 3 nitrogen and oxygen atoms in total. The van der Waals surface area contributed by atoms with E-state index in [9.17, 15) is 5.11 Å². The maximum Gasteiger partial charge on any atom is 0.115 e. The smallest absolute Gasteiger partial charge is 0.115 e. The standard InChI is InChI=1S/C17H25BrN2O/c18-17-5-4-16(21)12-14(17)13-19-10-6-15(7-11-19)20-8-2-1-3-9-20/h4-5,12,15,21H,1-3,6-11,13H2. The lowest BCUT2D eigenvalue weighted by Gasteiger charge is -2.40. The van der Waals surface area contributed by atoms with Crippen LogP contribution in [0.4, 0.5) is 0 Å². The van der Waals surface area contributed by atoms with E-state index in [2.05, 4.69) is 25.7 Å². The molecule has 4 heteroatoms. The summed E-state index contributed by atoms with van der Waals surface area (Å²) in [6.07, 6.45) is 6.76. The highest BCUT2D eigenvalue weighted by Crippen LogP contribution is 2.26. The van der Waals surface area contributed by atoms with Gasteiger partial charge in [0.2, 0.25) is 0 Å². The molecule has 0 aliphatic carbocycles. The van der Waals surface area contributed by atoms with Gasteiger partial charge in [0.1, 0.15) is 5.75 Å². The molecule has 1 aromatic rings. The number of piperidine rings is 2. The molecule has 3 rings (SSSR count). The largest absolute Gasteiger partial charge is 0.508 e. The van der Waals surface area contributed by atoms with Crippen molar-refractivity contribution < 1.29 is 5.11 Å². The first-order valence-corrected chi connectivity index (χ1v) is 8.95. The van der Waals surface area contributed by atoms with E-state index in [1.54, 1.807) is 6.07 Å². The Kier molecular flexibility index (Phi) is 5.19. The van der Waals surface area contributed by atoms with Gasteiger partial charge in [-0.3, -0.25) is 4.90 Å². The summed E-state index contributed by atoms with van der Waals surface area (Å²) in [4.78, 5) is 5.23. The minimum atomic E-state index is 0.358. The number of phenols is 1. The molecule has 2 heterocycles. The van der Waals surface area contributed by atoms with Crippen LogP contribution in [0.5, 0.6) is 5.75 Å². The van der Waals surface area contributed by atoms with Gasteiger partial charge in [0.05, 0.1) is 0 Å². The normalized spacial score (nSPS) is 22.5.